The van der Waals surface area contributed by atoms with Crippen molar-refractivity contribution in [2.45, 2.75) is 32.5 Å². The minimum absolute atomic E-state index is 0.0171. The van der Waals surface area contributed by atoms with Crippen molar-refractivity contribution in [1.82, 2.24) is 19.5 Å². The van der Waals surface area contributed by atoms with Crippen LogP contribution in [0, 0.1) is 6.92 Å². The Bertz CT molecular complexity index is 698. The van der Waals surface area contributed by atoms with Crippen molar-refractivity contribution in [3.8, 4) is 0 Å². The van der Waals surface area contributed by atoms with Crippen LogP contribution >= 0.6 is 11.3 Å². The molecule has 1 N–H and O–H groups in total. The number of rotatable bonds is 3. The van der Waals surface area contributed by atoms with Crippen molar-refractivity contribution in [2.75, 3.05) is 19.8 Å². The van der Waals surface area contributed by atoms with Gasteiger partial charge in [-0.05, 0) is 13.8 Å². The average Bonchev–Trinajstić information content (AvgIpc) is 2.84. The van der Waals surface area contributed by atoms with Gasteiger partial charge in [-0.15, -0.1) is 0 Å². The first kappa shape index (κ1) is 14.6. The van der Waals surface area contributed by atoms with Gasteiger partial charge in [0.15, 0.2) is 0 Å². The summed E-state index contributed by atoms with van der Waals surface area (Å²) in [6.07, 6.45) is -0.154. The van der Waals surface area contributed by atoms with Gasteiger partial charge in [0.25, 0.3) is 5.56 Å². The second-order valence-electron chi connectivity index (χ2n) is 5.34. The maximum atomic E-state index is 11.9. The molecule has 2 atom stereocenters. The summed E-state index contributed by atoms with van der Waals surface area (Å²) in [5.74, 6) is 0. The second-order valence-corrected chi connectivity index (χ2v) is 6.38. The lowest BCUT2D eigenvalue weighted by atomic mass is 10.2. The van der Waals surface area contributed by atoms with E-state index in [9.17, 15) is 9.90 Å². The maximum absolute atomic E-state index is 11.9. The van der Waals surface area contributed by atoms with Crippen LogP contribution in [-0.4, -0.2) is 56.5 Å². The normalized spacial score (nSPS) is 23.8. The first-order chi connectivity index (χ1) is 10.1. The molecule has 2 unspecified atom stereocenters. The fourth-order valence-corrected chi connectivity index (χ4v) is 3.37. The summed E-state index contributed by atoms with van der Waals surface area (Å²) in [6, 6.07) is 1.74. The van der Waals surface area contributed by atoms with Crippen LogP contribution in [0.5, 0.6) is 0 Å². The van der Waals surface area contributed by atoms with E-state index in [-0.39, 0.29) is 24.3 Å². The molecule has 0 spiro atoms. The summed E-state index contributed by atoms with van der Waals surface area (Å²) in [5, 5.41) is 14.4. The summed E-state index contributed by atoms with van der Waals surface area (Å²) in [4.78, 5) is 19.0. The molecule has 114 valence electrons. The third kappa shape index (κ3) is 2.98. The number of hydrogen-bond acceptors (Lipinski definition) is 7. The summed E-state index contributed by atoms with van der Waals surface area (Å²) < 4.78 is 6.87. The molecule has 21 heavy (non-hydrogen) atoms. The zero-order chi connectivity index (χ0) is 15.0. The molecular weight excluding hydrogens is 292 g/mol. The molecular formula is C13H18N4O3S. The van der Waals surface area contributed by atoms with E-state index >= 15 is 0 Å². The highest BCUT2D eigenvalue weighted by Crippen LogP contribution is 2.18. The topological polar surface area (TPSA) is 80.0 Å². The second kappa shape index (κ2) is 5.80. The number of hydrogen-bond donors (Lipinski definition) is 1. The van der Waals surface area contributed by atoms with Crippen LogP contribution in [0.2, 0.25) is 0 Å². The van der Waals surface area contributed by atoms with E-state index in [1.165, 1.54) is 21.9 Å². The molecule has 1 aliphatic rings. The molecule has 0 amide bonds. The van der Waals surface area contributed by atoms with Crippen LogP contribution < -0.4 is 5.56 Å². The first-order valence-electron chi connectivity index (χ1n) is 6.89. The predicted octanol–water partition coefficient (Wildman–Crippen LogP) is 0.0410. The average molecular weight is 310 g/mol. The molecule has 0 saturated carbocycles. The van der Waals surface area contributed by atoms with E-state index in [0.29, 0.717) is 30.4 Å². The Morgan fingerprint density at radius 2 is 2.38 bits per heavy atom. The van der Waals surface area contributed by atoms with Crippen LogP contribution in [0.25, 0.3) is 4.96 Å². The Hall–Kier alpha value is -1.35. The Kier molecular flexibility index (Phi) is 4.03. The first-order valence-corrected chi connectivity index (χ1v) is 7.71. The zero-order valence-electron chi connectivity index (χ0n) is 12.0. The lowest BCUT2D eigenvalue weighted by Crippen LogP contribution is -2.48. The summed E-state index contributed by atoms with van der Waals surface area (Å²) in [5.41, 5.74) is 0.554. The van der Waals surface area contributed by atoms with E-state index in [2.05, 4.69) is 21.9 Å². The van der Waals surface area contributed by atoms with Gasteiger partial charge in [0.2, 0.25) is 4.96 Å². The van der Waals surface area contributed by atoms with Crippen molar-refractivity contribution in [3.63, 3.8) is 0 Å². The zero-order valence-corrected chi connectivity index (χ0v) is 12.8. The Morgan fingerprint density at radius 3 is 3.14 bits per heavy atom. The minimum Gasteiger partial charge on any atom is -0.394 e. The van der Waals surface area contributed by atoms with Crippen molar-refractivity contribution in [3.05, 3.63) is 27.1 Å². The van der Waals surface area contributed by atoms with Gasteiger partial charge in [-0.2, -0.15) is 9.61 Å². The van der Waals surface area contributed by atoms with Gasteiger partial charge >= 0.3 is 0 Å². The number of ether oxygens (including phenoxy) is 1. The molecule has 0 aromatic carbocycles. The molecule has 1 fully saturated rings. The van der Waals surface area contributed by atoms with Gasteiger partial charge in [0, 0.05) is 24.3 Å². The number of aliphatic hydroxyl groups is 1. The third-order valence-electron chi connectivity index (χ3n) is 3.59. The van der Waals surface area contributed by atoms with Gasteiger partial charge in [-0.25, -0.2) is 4.98 Å². The molecule has 1 aliphatic heterocycles. The largest absolute Gasteiger partial charge is 0.394 e. The summed E-state index contributed by atoms with van der Waals surface area (Å²) >= 11 is 1.43. The molecule has 3 rings (SSSR count). The van der Waals surface area contributed by atoms with Crippen molar-refractivity contribution < 1.29 is 9.84 Å². The molecule has 7 nitrogen and oxygen atoms in total. The van der Waals surface area contributed by atoms with Gasteiger partial charge < -0.3 is 9.84 Å². The van der Waals surface area contributed by atoms with Crippen molar-refractivity contribution in [1.29, 1.82) is 0 Å². The number of aliphatic hydroxyl groups excluding tert-OH is 1. The number of nitrogens with zero attached hydrogens (tertiary/aromatic N) is 4. The SMILES string of the molecule is Cc1cc(=O)n2nc(CN3CC(CO)OCC3C)sc2n1. The number of fused-ring (bicyclic) bond motifs is 1. The van der Waals surface area contributed by atoms with Gasteiger partial charge in [-0.3, -0.25) is 9.69 Å². The van der Waals surface area contributed by atoms with Crippen LogP contribution in [0.3, 0.4) is 0 Å². The van der Waals surface area contributed by atoms with E-state index in [1.807, 2.05) is 0 Å². The van der Waals surface area contributed by atoms with E-state index in [0.717, 1.165) is 5.01 Å². The lowest BCUT2D eigenvalue weighted by molar-refractivity contribution is -0.0806. The molecule has 1 saturated heterocycles. The van der Waals surface area contributed by atoms with Crippen LogP contribution in [0.1, 0.15) is 17.6 Å². The molecule has 0 aliphatic carbocycles. The van der Waals surface area contributed by atoms with Crippen LogP contribution in [0.4, 0.5) is 0 Å². The predicted molar refractivity (Wildman–Crippen MR) is 78.6 cm³/mol. The van der Waals surface area contributed by atoms with E-state index in [1.54, 1.807) is 6.92 Å². The fourth-order valence-electron chi connectivity index (χ4n) is 2.40. The molecule has 0 radical (unpaired) electrons. The highest BCUT2D eigenvalue weighted by atomic mass is 32.1. The van der Waals surface area contributed by atoms with Gasteiger partial charge in [0.05, 0.1) is 25.9 Å². The fraction of sp³-hybridized carbons (Fsp3) is 0.615. The number of aromatic nitrogens is 3. The third-order valence-corrected chi connectivity index (χ3v) is 4.48. The quantitative estimate of drug-likeness (QED) is 0.862. The molecule has 2 aromatic heterocycles. The van der Waals surface area contributed by atoms with Crippen molar-refractivity contribution >= 4 is 16.3 Å². The van der Waals surface area contributed by atoms with Gasteiger partial charge in [-0.1, -0.05) is 11.3 Å². The Balaban J connectivity index is 1.84. The lowest BCUT2D eigenvalue weighted by Gasteiger charge is -2.36. The monoisotopic (exact) mass is 310 g/mol. The molecule has 8 heteroatoms. The smallest absolute Gasteiger partial charge is 0.275 e. The molecule has 3 heterocycles. The number of morpholine rings is 1. The molecule has 2 aromatic rings. The van der Waals surface area contributed by atoms with E-state index < -0.39 is 0 Å². The van der Waals surface area contributed by atoms with E-state index in [4.69, 9.17) is 4.74 Å². The highest BCUT2D eigenvalue weighted by molar-refractivity contribution is 7.16. The molecule has 0 bridgehead atoms. The summed E-state index contributed by atoms with van der Waals surface area (Å²) in [6.45, 7) is 5.78. The van der Waals surface area contributed by atoms with Crippen molar-refractivity contribution in [2.24, 2.45) is 0 Å². The highest BCUT2D eigenvalue weighted by Gasteiger charge is 2.26. The minimum atomic E-state index is -0.154. The maximum Gasteiger partial charge on any atom is 0.275 e. The van der Waals surface area contributed by atoms with Gasteiger partial charge in [0.1, 0.15) is 5.01 Å². The Labute approximate surface area is 125 Å². The van der Waals surface area contributed by atoms with Crippen LogP contribution in [-0.2, 0) is 11.3 Å². The Morgan fingerprint density at radius 1 is 1.57 bits per heavy atom. The standard InChI is InChI=1S/C13H18N4O3S/c1-8-3-12(19)17-13(14-8)21-11(15-17)5-16-4-10(6-18)20-7-9(16)2/h3,9-10,18H,4-7H2,1-2H3. The summed E-state index contributed by atoms with van der Waals surface area (Å²) in [7, 11) is 0. The number of aryl methyl sites for hydroxylation is 1. The van der Waals surface area contributed by atoms with Crippen LogP contribution in [0.15, 0.2) is 10.9 Å².